The second kappa shape index (κ2) is 9.03. The van der Waals surface area contributed by atoms with Crippen LogP contribution in [0.4, 0.5) is 0 Å². The highest BCUT2D eigenvalue weighted by molar-refractivity contribution is 5.97. The van der Waals surface area contributed by atoms with E-state index in [4.69, 9.17) is 15.2 Å². The van der Waals surface area contributed by atoms with Crippen molar-refractivity contribution in [2.24, 2.45) is 5.73 Å². The molecular formula is C19H25N3O3. The molecule has 6 heteroatoms. The number of aromatic nitrogens is 1. The lowest BCUT2D eigenvalue weighted by molar-refractivity contribution is 0.0930. The van der Waals surface area contributed by atoms with Crippen LogP contribution in [0.5, 0.6) is 11.5 Å². The SMILES string of the molecule is CC[C@H](NC(=O)c1ccc(OC)cc1OCCN)c1ncccc1C. The van der Waals surface area contributed by atoms with E-state index in [1.807, 2.05) is 26.0 Å². The second-order valence-electron chi connectivity index (χ2n) is 5.64. The zero-order chi connectivity index (χ0) is 18.2. The van der Waals surface area contributed by atoms with Crippen LogP contribution < -0.4 is 20.5 Å². The monoisotopic (exact) mass is 343 g/mol. The summed E-state index contributed by atoms with van der Waals surface area (Å²) in [4.78, 5) is 17.2. The third-order valence-electron chi connectivity index (χ3n) is 3.90. The number of amides is 1. The predicted octanol–water partition coefficient (Wildman–Crippen LogP) is 2.62. The van der Waals surface area contributed by atoms with Crippen LogP contribution in [-0.4, -0.2) is 31.2 Å². The first kappa shape index (κ1) is 18.7. The van der Waals surface area contributed by atoms with Gasteiger partial charge in [0.1, 0.15) is 18.1 Å². The lowest BCUT2D eigenvalue weighted by Crippen LogP contribution is -2.29. The number of rotatable bonds is 8. The number of benzene rings is 1. The van der Waals surface area contributed by atoms with Crippen LogP contribution in [0, 0.1) is 6.92 Å². The average Bonchev–Trinajstić information content (AvgIpc) is 2.64. The van der Waals surface area contributed by atoms with Crippen LogP contribution in [0.25, 0.3) is 0 Å². The lowest BCUT2D eigenvalue weighted by atomic mass is 10.0. The van der Waals surface area contributed by atoms with Gasteiger partial charge in [-0.25, -0.2) is 0 Å². The summed E-state index contributed by atoms with van der Waals surface area (Å²) in [5.41, 5.74) is 7.87. The molecule has 0 unspecified atom stereocenters. The van der Waals surface area contributed by atoms with Gasteiger partial charge in [0, 0.05) is 18.8 Å². The molecule has 2 aromatic rings. The second-order valence-corrected chi connectivity index (χ2v) is 5.64. The van der Waals surface area contributed by atoms with E-state index in [-0.39, 0.29) is 11.9 Å². The molecule has 0 fully saturated rings. The van der Waals surface area contributed by atoms with Gasteiger partial charge < -0.3 is 20.5 Å². The normalized spacial score (nSPS) is 11.7. The van der Waals surface area contributed by atoms with E-state index in [1.165, 1.54) is 0 Å². The Balaban J connectivity index is 2.25. The number of methoxy groups -OCH3 is 1. The number of ether oxygens (including phenoxy) is 2. The van der Waals surface area contributed by atoms with Gasteiger partial charge in [-0.15, -0.1) is 0 Å². The van der Waals surface area contributed by atoms with Crippen molar-refractivity contribution in [1.82, 2.24) is 10.3 Å². The van der Waals surface area contributed by atoms with Crippen LogP contribution in [0.1, 0.15) is 41.0 Å². The molecule has 0 aliphatic heterocycles. The summed E-state index contributed by atoms with van der Waals surface area (Å²) in [6, 6.07) is 8.82. The van der Waals surface area contributed by atoms with E-state index in [0.29, 0.717) is 30.2 Å². The lowest BCUT2D eigenvalue weighted by Gasteiger charge is -2.19. The van der Waals surface area contributed by atoms with E-state index < -0.39 is 0 Å². The number of aryl methyl sites for hydroxylation is 1. The van der Waals surface area contributed by atoms with Crippen molar-refractivity contribution < 1.29 is 14.3 Å². The van der Waals surface area contributed by atoms with Crippen LogP contribution in [0.15, 0.2) is 36.5 Å². The fourth-order valence-corrected chi connectivity index (χ4v) is 2.57. The number of hydrogen-bond donors (Lipinski definition) is 2. The maximum atomic E-state index is 12.8. The Bertz CT molecular complexity index is 719. The van der Waals surface area contributed by atoms with Crippen LogP contribution >= 0.6 is 0 Å². The molecule has 0 aliphatic carbocycles. The number of nitrogens with two attached hydrogens (primary N) is 1. The molecular weight excluding hydrogens is 318 g/mol. The molecule has 6 nitrogen and oxygen atoms in total. The first-order chi connectivity index (χ1) is 12.1. The van der Waals surface area contributed by atoms with Crippen molar-refractivity contribution in [1.29, 1.82) is 0 Å². The van der Waals surface area contributed by atoms with Gasteiger partial charge in [-0.05, 0) is 37.1 Å². The number of nitrogens with zero attached hydrogens (tertiary/aromatic N) is 1. The molecule has 1 heterocycles. The Morgan fingerprint density at radius 2 is 2.16 bits per heavy atom. The quantitative estimate of drug-likeness (QED) is 0.769. The van der Waals surface area contributed by atoms with Gasteiger partial charge in [0.25, 0.3) is 5.91 Å². The summed E-state index contributed by atoms with van der Waals surface area (Å²) >= 11 is 0. The molecule has 1 aromatic heterocycles. The fourth-order valence-electron chi connectivity index (χ4n) is 2.57. The summed E-state index contributed by atoms with van der Waals surface area (Å²) in [5, 5.41) is 3.04. The molecule has 1 amide bonds. The van der Waals surface area contributed by atoms with E-state index in [0.717, 1.165) is 17.7 Å². The molecule has 0 spiro atoms. The average molecular weight is 343 g/mol. The molecule has 0 saturated carbocycles. The Labute approximate surface area is 148 Å². The van der Waals surface area contributed by atoms with Crippen LogP contribution in [0.3, 0.4) is 0 Å². The molecule has 0 saturated heterocycles. The van der Waals surface area contributed by atoms with Crippen LogP contribution in [0.2, 0.25) is 0 Å². The minimum Gasteiger partial charge on any atom is -0.497 e. The van der Waals surface area contributed by atoms with E-state index >= 15 is 0 Å². The predicted molar refractivity (Wildman–Crippen MR) is 97.0 cm³/mol. The molecule has 1 aromatic carbocycles. The van der Waals surface area contributed by atoms with E-state index in [9.17, 15) is 4.79 Å². The van der Waals surface area contributed by atoms with Crippen molar-refractivity contribution in [3.05, 3.63) is 53.3 Å². The number of carbonyl (C=O) groups is 1. The van der Waals surface area contributed by atoms with Crippen LogP contribution in [-0.2, 0) is 0 Å². The van der Waals surface area contributed by atoms with E-state index in [2.05, 4.69) is 10.3 Å². The summed E-state index contributed by atoms with van der Waals surface area (Å²) in [6.45, 7) is 4.69. The van der Waals surface area contributed by atoms with Crippen molar-refractivity contribution in [2.45, 2.75) is 26.3 Å². The highest BCUT2D eigenvalue weighted by Crippen LogP contribution is 2.26. The van der Waals surface area contributed by atoms with E-state index in [1.54, 1.807) is 31.5 Å². The number of pyridine rings is 1. The zero-order valence-electron chi connectivity index (χ0n) is 14.9. The number of carbonyl (C=O) groups excluding carboxylic acids is 1. The minimum atomic E-state index is -0.216. The Morgan fingerprint density at radius 3 is 2.80 bits per heavy atom. The van der Waals surface area contributed by atoms with Crippen molar-refractivity contribution in [3.63, 3.8) is 0 Å². The van der Waals surface area contributed by atoms with Gasteiger partial charge in [0.2, 0.25) is 0 Å². The van der Waals surface area contributed by atoms with Gasteiger partial charge in [-0.2, -0.15) is 0 Å². The van der Waals surface area contributed by atoms with Crippen molar-refractivity contribution in [2.75, 3.05) is 20.3 Å². The third kappa shape index (κ3) is 4.70. The largest absolute Gasteiger partial charge is 0.497 e. The zero-order valence-corrected chi connectivity index (χ0v) is 14.9. The molecule has 3 N–H and O–H groups in total. The number of hydrogen-bond acceptors (Lipinski definition) is 5. The molecule has 25 heavy (non-hydrogen) atoms. The third-order valence-corrected chi connectivity index (χ3v) is 3.90. The van der Waals surface area contributed by atoms with Gasteiger partial charge in [-0.1, -0.05) is 13.0 Å². The molecule has 134 valence electrons. The van der Waals surface area contributed by atoms with Crippen molar-refractivity contribution in [3.8, 4) is 11.5 Å². The topological polar surface area (TPSA) is 86.5 Å². The molecule has 0 bridgehead atoms. The standard InChI is InChI=1S/C19H25N3O3/c1-4-16(18-13(2)6-5-10-21-18)22-19(23)15-8-7-14(24-3)12-17(15)25-11-9-20/h5-8,10,12,16H,4,9,11,20H2,1-3H3,(H,22,23)/t16-/m0/s1. The Morgan fingerprint density at radius 1 is 1.36 bits per heavy atom. The highest BCUT2D eigenvalue weighted by atomic mass is 16.5. The highest BCUT2D eigenvalue weighted by Gasteiger charge is 2.20. The molecule has 0 radical (unpaired) electrons. The smallest absolute Gasteiger partial charge is 0.255 e. The van der Waals surface area contributed by atoms with Gasteiger partial charge in [0.05, 0.1) is 24.4 Å². The first-order valence-electron chi connectivity index (χ1n) is 8.34. The fraction of sp³-hybridized carbons (Fsp3) is 0.368. The van der Waals surface area contributed by atoms with Gasteiger partial charge in [-0.3, -0.25) is 9.78 Å². The van der Waals surface area contributed by atoms with Crippen molar-refractivity contribution >= 4 is 5.91 Å². The molecule has 2 rings (SSSR count). The molecule has 0 aliphatic rings. The Kier molecular flexibility index (Phi) is 6.77. The minimum absolute atomic E-state index is 0.168. The molecule has 1 atom stereocenters. The maximum absolute atomic E-state index is 12.8. The summed E-state index contributed by atoms with van der Waals surface area (Å²) < 4.78 is 10.8. The Hall–Kier alpha value is -2.60. The summed E-state index contributed by atoms with van der Waals surface area (Å²) in [7, 11) is 1.57. The summed E-state index contributed by atoms with van der Waals surface area (Å²) in [5.74, 6) is 0.859. The van der Waals surface area contributed by atoms with Gasteiger partial charge >= 0.3 is 0 Å². The number of nitrogens with one attached hydrogen (secondary N) is 1. The summed E-state index contributed by atoms with van der Waals surface area (Å²) in [6.07, 6.45) is 2.47. The first-order valence-corrected chi connectivity index (χ1v) is 8.34. The van der Waals surface area contributed by atoms with Gasteiger partial charge in [0.15, 0.2) is 0 Å². The maximum Gasteiger partial charge on any atom is 0.255 e.